The molecule has 0 unspecified atom stereocenters. The Kier molecular flexibility index (Phi) is 3.29. The molecule has 2 N–H and O–H groups in total. The van der Waals surface area contributed by atoms with Crippen LogP contribution >= 0.6 is 0 Å². The molecular formula is C12H13N3O2S. The Morgan fingerprint density at radius 2 is 1.83 bits per heavy atom. The molecule has 94 valence electrons. The van der Waals surface area contributed by atoms with Gasteiger partial charge in [-0.15, -0.1) is 0 Å². The molecule has 0 atom stereocenters. The average molecular weight is 263 g/mol. The van der Waals surface area contributed by atoms with Crippen molar-refractivity contribution < 1.29 is 8.42 Å². The van der Waals surface area contributed by atoms with Crippen LogP contribution in [-0.4, -0.2) is 24.1 Å². The molecule has 5 nitrogen and oxygen atoms in total. The van der Waals surface area contributed by atoms with Crippen LogP contribution in [0.5, 0.6) is 0 Å². The van der Waals surface area contributed by atoms with E-state index in [1.807, 2.05) is 0 Å². The fourth-order valence-electron chi connectivity index (χ4n) is 1.53. The summed E-state index contributed by atoms with van der Waals surface area (Å²) >= 11 is 0. The summed E-state index contributed by atoms with van der Waals surface area (Å²) in [6.45, 7) is 1.62. The van der Waals surface area contributed by atoms with Crippen molar-refractivity contribution in [3.63, 3.8) is 0 Å². The third-order valence-electron chi connectivity index (χ3n) is 2.56. The van der Waals surface area contributed by atoms with Crippen molar-refractivity contribution in [3.8, 4) is 11.3 Å². The minimum absolute atomic E-state index is 0.0901. The molecule has 2 aromatic rings. The minimum atomic E-state index is -3.16. The highest BCUT2D eigenvalue weighted by Crippen LogP contribution is 2.20. The highest BCUT2D eigenvalue weighted by atomic mass is 32.2. The number of sulfone groups is 1. The van der Waals surface area contributed by atoms with E-state index >= 15 is 0 Å². The first-order valence-electron chi connectivity index (χ1n) is 5.44. The van der Waals surface area contributed by atoms with Crippen LogP contribution in [-0.2, 0) is 9.84 Å². The van der Waals surface area contributed by atoms with E-state index in [1.165, 1.54) is 0 Å². The van der Waals surface area contributed by atoms with Gasteiger partial charge < -0.3 is 5.73 Å². The van der Waals surface area contributed by atoms with Crippen LogP contribution in [0, 0.1) is 0 Å². The predicted molar refractivity (Wildman–Crippen MR) is 69.6 cm³/mol. The number of rotatable bonds is 3. The Bertz CT molecular complexity index is 651. The molecule has 0 aliphatic carbocycles. The predicted octanol–water partition coefficient (Wildman–Crippen LogP) is 1.52. The topological polar surface area (TPSA) is 85.9 Å². The second kappa shape index (κ2) is 4.73. The Labute approximate surface area is 106 Å². The van der Waals surface area contributed by atoms with Crippen LogP contribution in [0.15, 0.2) is 41.4 Å². The third-order valence-corrected chi connectivity index (χ3v) is 4.31. The molecule has 1 heterocycles. The summed E-state index contributed by atoms with van der Waals surface area (Å²) in [5.74, 6) is 0.282. The summed E-state index contributed by atoms with van der Waals surface area (Å²) < 4.78 is 23.3. The molecule has 0 saturated heterocycles. The summed E-state index contributed by atoms with van der Waals surface area (Å²) in [5, 5.41) is 0. The van der Waals surface area contributed by atoms with Gasteiger partial charge in [0.05, 0.1) is 16.3 Å². The number of benzene rings is 1. The number of nitrogen functional groups attached to an aromatic ring is 1. The largest absolute Gasteiger partial charge is 0.368 e. The fraction of sp³-hybridized carbons (Fsp3) is 0.167. The molecule has 18 heavy (non-hydrogen) atoms. The van der Waals surface area contributed by atoms with Crippen LogP contribution in [0.1, 0.15) is 6.92 Å². The molecule has 1 aromatic heterocycles. The molecule has 6 heteroatoms. The van der Waals surface area contributed by atoms with E-state index in [2.05, 4.69) is 9.97 Å². The normalized spacial score (nSPS) is 11.4. The van der Waals surface area contributed by atoms with Crippen molar-refractivity contribution in [2.75, 3.05) is 11.5 Å². The molecule has 0 bridgehead atoms. The molecule has 0 fully saturated rings. The van der Waals surface area contributed by atoms with E-state index in [1.54, 1.807) is 43.5 Å². The number of anilines is 1. The smallest absolute Gasteiger partial charge is 0.220 e. The SMILES string of the molecule is CCS(=O)(=O)c1ccc(-c2ccnc(N)n2)cc1. The van der Waals surface area contributed by atoms with Crippen LogP contribution in [0.2, 0.25) is 0 Å². The Morgan fingerprint density at radius 1 is 1.17 bits per heavy atom. The second-order valence-electron chi connectivity index (χ2n) is 3.73. The minimum Gasteiger partial charge on any atom is -0.368 e. The van der Waals surface area contributed by atoms with Gasteiger partial charge in [0.15, 0.2) is 9.84 Å². The van der Waals surface area contributed by atoms with E-state index in [9.17, 15) is 8.42 Å². The number of nitrogens with two attached hydrogens (primary N) is 1. The fourth-order valence-corrected chi connectivity index (χ4v) is 2.42. The average Bonchev–Trinajstić information content (AvgIpc) is 2.39. The highest BCUT2D eigenvalue weighted by Gasteiger charge is 2.11. The summed E-state index contributed by atoms with van der Waals surface area (Å²) in [6.07, 6.45) is 1.56. The van der Waals surface area contributed by atoms with Crippen molar-refractivity contribution in [3.05, 3.63) is 36.5 Å². The molecule has 1 aromatic carbocycles. The first kappa shape index (κ1) is 12.5. The maximum atomic E-state index is 11.7. The number of hydrogen-bond acceptors (Lipinski definition) is 5. The van der Waals surface area contributed by atoms with Gasteiger partial charge in [-0.05, 0) is 18.2 Å². The van der Waals surface area contributed by atoms with Crippen molar-refractivity contribution >= 4 is 15.8 Å². The van der Waals surface area contributed by atoms with E-state index in [4.69, 9.17) is 5.73 Å². The number of aromatic nitrogens is 2. The van der Waals surface area contributed by atoms with Crippen LogP contribution < -0.4 is 5.73 Å². The zero-order chi connectivity index (χ0) is 13.2. The summed E-state index contributed by atoms with van der Waals surface area (Å²) in [5.41, 5.74) is 6.97. The molecule has 0 spiro atoms. The van der Waals surface area contributed by atoms with E-state index in [0.717, 1.165) is 5.56 Å². The van der Waals surface area contributed by atoms with Crippen molar-refractivity contribution in [1.29, 1.82) is 0 Å². The zero-order valence-corrected chi connectivity index (χ0v) is 10.7. The number of hydrogen-bond donors (Lipinski definition) is 1. The van der Waals surface area contributed by atoms with E-state index in [0.29, 0.717) is 10.6 Å². The van der Waals surface area contributed by atoms with Crippen molar-refractivity contribution in [1.82, 2.24) is 9.97 Å². The summed E-state index contributed by atoms with van der Waals surface area (Å²) in [7, 11) is -3.16. The van der Waals surface area contributed by atoms with Crippen LogP contribution in [0.3, 0.4) is 0 Å². The first-order chi connectivity index (χ1) is 8.53. The quantitative estimate of drug-likeness (QED) is 0.907. The lowest BCUT2D eigenvalue weighted by molar-refractivity contribution is 0.597. The lowest BCUT2D eigenvalue weighted by Crippen LogP contribution is -2.03. The summed E-state index contributed by atoms with van der Waals surface area (Å²) in [4.78, 5) is 8.19. The monoisotopic (exact) mass is 263 g/mol. The van der Waals surface area contributed by atoms with Gasteiger partial charge >= 0.3 is 0 Å². The maximum Gasteiger partial charge on any atom is 0.220 e. The lowest BCUT2D eigenvalue weighted by atomic mass is 10.1. The van der Waals surface area contributed by atoms with Gasteiger partial charge in [-0.2, -0.15) is 0 Å². The highest BCUT2D eigenvalue weighted by molar-refractivity contribution is 7.91. The summed E-state index contributed by atoms with van der Waals surface area (Å²) in [6, 6.07) is 8.30. The van der Waals surface area contributed by atoms with Gasteiger partial charge in [0.2, 0.25) is 5.95 Å². The maximum absolute atomic E-state index is 11.7. The number of nitrogens with zero attached hydrogens (tertiary/aromatic N) is 2. The van der Waals surface area contributed by atoms with Gasteiger partial charge in [0.1, 0.15) is 0 Å². The van der Waals surface area contributed by atoms with Gasteiger partial charge in [0, 0.05) is 11.8 Å². The molecule has 0 radical (unpaired) electrons. The standard InChI is InChI=1S/C12H13N3O2S/c1-2-18(16,17)10-5-3-9(4-6-10)11-7-8-14-12(13)15-11/h3-8H,2H2,1H3,(H2,13,14,15). The van der Waals surface area contributed by atoms with Crippen molar-refractivity contribution in [2.45, 2.75) is 11.8 Å². The van der Waals surface area contributed by atoms with Gasteiger partial charge in [-0.25, -0.2) is 18.4 Å². The van der Waals surface area contributed by atoms with E-state index < -0.39 is 9.84 Å². The Hall–Kier alpha value is -1.95. The molecule has 2 rings (SSSR count). The zero-order valence-electron chi connectivity index (χ0n) is 9.87. The van der Waals surface area contributed by atoms with Crippen molar-refractivity contribution in [2.24, 2.45) is 0 Å². The molecule has 0 aliphatic heterocycles. The first-order valence-corrected chi connectivity index (χ1v) is 7.10. The third kappa shape index (κ3) is 2.48. The van der Waals surface area contributed by atoms with Crippen LogP contribution in [0.4, 0.5) is 5.95 Å². The van der Waals surface area contributed by atoms with Crippen LogP contribution in [0.25, 0.3) is 11.3 Å². The molecule has 0 aliphatic rings. The van der Waals surface area contributed by atoms with E-state index in [-0.39, 0.29) is 11.7 Å². The molecule has 0 saturated carbocycles. The molecule has 0 amide bonds. The Morgan fingerprint density at radius 3 is 2.39 bits per heavy atom. The second-order valence-corrected chi connectivity index (χ2v) is 6.01. The van der Waals surface area contributed by atoms with Gasteiger partial charge in [0.25, 0.3) is 0 Å². The lowest BCUT2D eigenvalue weighted by Gasteiger charge is -2.04. The van der Waals surface area contributed by atoms with Gasteiger partial charge in [-0.3, -0.25) is 0 Å². The Balaban J connectivity index is 2.40. The van der Waals surface area contributed by atoms with Gasteiger partial charge in [-0.1, -0.05) is 19.1 Å². The molecular weight excluding hydrogens is 250 g/mol.